The Balaban J connectivity index is 1.71. The number of urea groups is 1. The van der Waals surface area contributed by atoms with Crippen LogP contribution in [0.1, 0.15) is 37.8 Å². The molecule has 0 saturated carbocycles. The Morgan fingerprint density at radius 2 is 1.85 bits per heavy atom. The van der Waals surface area contributed by atoms with Crippen LogP contribution < -0.4 is 5.43 Å². The fourth-order valence-electron chi connectivity index (χ4n) is 3.30. The predicted molar refractivity (Wildman–Crippen MR) is 105 cm³/mol. The number of imide groups is 1. The predicted octanol–water partition coefficient (Wildman–Crippen LogP) is 1.64. The average molecular weight is 370 g/mol. The number of hydrogen-bond acceptors (Lipinski definition) is 6. The first-order chi connectivity index (χ1) is 12.8. The third kappa shape index (κ3) is 3.39. The number of amides is 3. The minimum atomic E-state index is -0.541. The minimum absolute atomic E-state index is 0.234. The molecule has 8 heteroatoms. The Kier molecular flexibility index (Phi) is 5.16. The van der Waals surface area contributed by atoms with E-state index < -0.39 is 12.2 Å². The average Bonchev–Trinajstić information content (AvgIpc) is 2.98. The Labute approximate surface area is 159 Å². The number of nitrogens with zero attached hydrogens (tertiary/aromatic N) is 5. The third-order valence-electron chi connectivity index (χ3n) is 5.03. The molecule has 0 aliphatic carbocycles. The second kappa shape index (κ2) is 7.38. The van der Waals surface area contributed by atoms with Gasteiger partial charge in [0.25, 0.3) is 5.91 Å². The second-order valence-electron chi connectivity index (χ2n) is 7.09. The molecule has 0 spiro atoms. The molecule has 2 heterocycles. The molecule has 1 fully saturated rings. The molecule has 144 valence electrons. The van der Waals surface area contributed by atoms with E-state index in [2.05, 4.69) is 41.5 Å². The van der Waals surface area contributed by atoms with Crippen molar-refractivity contribution in [2.45, 2.75) is 38.9 Å². The van der Waals surface area contributed by atoms with Gasteiger partial charge in [0, 0.05) is 20.6 Å². The number of hydrogen-bond donors (Lipinski definition) is 1. The van der Waals surface area contributed by atoms with Crippen molar-refractivity contribution >= 4 is 24.1 Å². The molecule has 27 heavy (non-hydrogen) atoms. The number of carbonyl (C=O) groups excluding carboxylic acids is 2. The Hall–Kier alpha value is -2.90. The second-order valence-corrected chi connectivity index (χ2v) is 7.09. The molecule has 2 aliphatic rings. The van der Waals surface area contributed by atoms with E-state index in [0.717, 1.165) is 5.56 Å². The highest BCUT2D eigenvalue weighted by atomic mass is 16.2. The molecular weight excluding hydrogens is 344 g/mol. The van der Waals surface area contributed by atoms with Crippen molar-refractivity contribution in [2.24, 2.45) is 10.1 Å². The number of carbonyl (C=O) groups is 2. The molecule has 0 radical (unpaired) electrons. The summed E-state index contributed by atoms with van der Waals surface area (Å²) in [6.45, 7) is 6.43. The van der Waals surface area contributed by atoms with Gasteiger partial charge in [-0.1, -0.05) is 38.1 Å². The molecule has 8 nitrogen and oxygen atoms in total. The lowest BCUT2D eigenvalue weighted by atomic mass is 10.0. The maximum absolute atomic E-state index is 12.6. The van der Waals surface area contributed by atoms with E-state index in [1.54, 1.807) is 32.1 Å². The Morgan fingerprint density at radius 1 is 1.19 bits per heavy atom. The van der Waals surface area contributed by atoms with Crippen LogP contribution in [0.4, 0.5) is 4.79 Å². The van der Waals surface area contributed by atoms with Gasteiger partial charge in [-0.25, -0.2) is 15.2 Å². The number of nitrogens with one attached hydrogen (secondary N) is 1. The van der Waals surface area contributed by atoms with Crippen LogP contribution in [0.3, 0.4) is 0 Å². The number of benzene rings is 1. The summed E-state index contributed by atoms with van der Waals surface area (Å²) in [5.74, 6) is 0.715. The zero-order chi connectivity index (χ0) is 19.7. The molecule has 1 N–H and O–H groups in total. The van der Waals surface area contributed by atoms with Crippen molar-refractivity contribution in [3.05, 3.63) is 35.4 Å². The van der Waals surface area contributed by atoms with Crippen LogP contribution in [0, 0.1) is 0 Å². The van der Waals surface area contributed by atoms with E-state index in [1.807, 2.05) is 12.1 Å². The number of rotatable bonds is 4. The van der Waals surface area contributed by atoms with Crippen LogP contribution in [-0.4, -0.2) is 71.7 Å². The SMILES string of the molecule is CCN1C(=O)C2C(N=C(N/N=C/c3ccc(C(C)C)cc3)N2C)N(C)C1=O. The van der Waals surface area contributed by atoms with Crippen LogP contribution in [0.2, 0.25) is 0 Å². The van der Waals surface area contributed by atoms with E-state index in [4.69, 9.17) is 0 Å². The Morgan fingerprint density at radius 3 is 2.44 bits per heavy atom. The van der Waals surface area contributed by atoms with Crippen molar-refractivity contribution in [2.75, 3.05) is 20.6 Å². The number of aliphatic imine (C=N–C) groups is 1. The molecule has 3 rings (SSSR count). The number of likely N-dealkylation sites (N-methyl/N-ethyl adjacent to an activating group) is 3. The summed E-state index contributed by atoms with van der Waals surface area (Å²) in [5.41, 5.74) is 5.14. The first-order valence-corrected chi connectivity index (χ1v) is 9.13. The topological polar surface area (TPSA) is 80.6 Å². The van der Waals surface area contributed by atoms with Gasteiger partial charge in [0.1, 0.15) is 0 Å². The monoisotopic (exact) mass is 370 g/mol. The number of hydrazone groups is 1. The van der Waals surface area contributed by atoms with Gasteiger partial charge in [-0.2, -0.15) is 5.10 Å². The summed E-state index contributed by atoms with van der Waals surface area (Å²) >= 11 is 0. The quantitative estimate of drug-likeness (QED) is 0.645. The molecule has 1 aromatic rings. The lowest BCUT2D eigenvalue weighted by Crippen LogP contribution is -2.64. The largest absolute Gasteiger partial charge is 0.329 e. The lowest BCUT2D eigenvalue weighted by Gasteiger charge is -2.39. The maximum Gasteiger partial charge on any atom is 0.328 e. The minimum Gasteiger partial charge on any atom is -0.329 e. The van der Waals surface area contributed by atoms with Gasteiger partial charge in [-0.05, 0) is 24.0 Å². The highest BCUT2D eigenvalue weighted by Gasteiger charge is 2.50. The normalized spacial score (nSPS) is 22.7. The highest BCUT2D eigenvalue weighted by Crippen LogP contribution is 2.25. The van der Waals surface area contributed by atoms with Crippen molar-refractivity contribution < 1.29 is 9.59 Å². The summed E-state index contributed by atoms with van der Waals surface area (Å²) in [4.78, 5) is 33.9. The molecule has 2 atom stereocenters. The zero-order valence-electron chi connectivity index (χ0n) is 16.4. The van der Waals surface area contributed by atoms with Crippen LogP contribution in [0.15, 0.2) is 34.4 Å². The summed E-state index contributed by atoms with van der Waals surface area (Å²) in [6.07, 6.45) is 1.16. The van der Waals surface area contributed by atoms with Crippen molar-refractivity contribution in [3.8, 4) is 0 Å². The van der Waals surface area contributed by atoms with E-state index >= 15 is 0 Å². The van der Waals surface area contributed by atoms with Crippen LogP contribution in [0.5, 0.6) is 0 Å². The molecule has 0 aromatic heterocycles. The van der Waals surface area contributed by atoms with E-state index in [1.165, 1.54) is 15.4 Å². The van der Waals surface area contributed by atoms with Crippen LogP contribution in [0.25, 0.3) is 0 Å². The van der Waals surface area contributed by atoms with Gasteiger partial charge in [-0.3, -0.25) is 9.69 Å². The first kappa shape index (κ1) is 18.9. The van der Waals surface area contributed by atoms with Gasteiger partial charge in [0.2, 0.25) is 5.96 Å². The molecule has 2 unspecified atom stereocenters. The highest BCUT2D eigenvalue weighted by molar-refractivity contribution is 6.03. The van der Waals surface area contributed by atoms with Gasteiger partial charge >= 0.3 is 6.03 Å². The van der Waals surface area contributed by atoms with Gasteiger partial charge < -0.3 is 9.80 Å². The first-order valence-electron chi connectivity index (χ1n) is 9.13. The fraction of sp³-hybridized carbons (Fsp3) is 0.474. The molecule has 1 aromatic carbocycles. The summed E-state index contributed by atoms with van der Waals surface area (Å²) in [7, 11) is 3.44. The summed E-state index contributed by atoms with van der Waals surface area (Å²) < 4.78 is 0. The summed E-state index contributed by atoms with van der Waals surface area (Å²) in [6, 6.07) is 7.33. The fourth-order valence-corrected chi connectivity index (χ4v) is 3.30. The van der Waals surface area contributed by atoms with E-state index in [9.17, 15) is 9.59 Å². The molecule has 1 saturated heterocycles. The van der Waals surface area contributed by atoms with Crippen molar-refractivity contribution in [3.63, 3.8) is 0 Å². The van der Waals surface area contributed by atoms with Crippen molar-refractivity contribution in [1.29, 1.82) is 0 Å². The number of guanidine groups is 1. The number of fused-ring (bicyclic) bond motifs is 1. The maximum atomic E-state index is 12.6. The van der Waals surface area contributed by atoms with Crippen molar-refractivity contribution in [1.82, 2.24) is 20.1 Å². The molecular formula is C19H26N6O2. The van der Waals surface area contributed by atoms with Gasteiger partial charge in [0.15, 0.2) is 12.2 Å². The van der Waals surface area contributed by atoms with Gasteiger partial charge in [0.05, 0.1) is 6.21 Å². The third-order valence-corrected chi connectivity index (χ3v) is 5.03. The molecule has 0 bridgehead atoms. The molecule has 2 aliphatic heterocycles. The van der Waals surface area contributed by atoms with Crippen LogP contribution in [-0.2, 0) is 4.79 Å². The smallest absolute Gasteiger partial charge is 0.328 e. The molecule has 3 amide bonds. The zero-order valence-corrected chi connectivity index (χ0v) is 16.4. The van der Waals surface area contributed by atoms with Gasteiger partial charge in [-0.15, -0.1) is 0 Å². The lowest BCUT2D eigenvalue weighted by molar-refractivity contribution is -0.136. The summed E-state index contributed by atoms with van der Waals surface area (Å²) in [5, 5.41) is 4.24. The standard InChI is InChI=1S/C19H26N6O2/c1-6-25-17(26)15-16(24(5)19(25)27)21-18(23(15)4)22-20-11-13-7-9-14(10-8-13)12(2)3/h7-12,15-16H,6H2,1-5H3,(H,21,22)/b20-11+. The van der Waals surface area contributed by atoms with E-state index in [0.29, 0.717) is 18.4 Å². The van der Waals surface area contributed by atoms with Crippen LogP contribution >= 0.6 is 0 Å². The Bertz CT molecular complexity index is 786. The van der Waals surface area contributed by atoms with E-state index in [-0.39, 0.29) is 11.9 Å².